The average molecular weight is 316 g/mol. The predicted molar refractivity (Wildman–Crippen MR) is 75.0 cm³/mol. The standard InChI is InChI=1S/C15H19F3N2O2/c1-9-5-11(15(16,17)18)4-3-10(9)7-20-8-12(22-2)6-13(20)14(19)21/h3-5,12-13H,6-8H2,1-2H3,(H2,19,21)/t12-,13-/m0/s1. The summed E-state index contributed by atoms with van der Waals surface area (Å²) in [6.45, 7) is 2.54. The maximum Gasteiger partial charge on any atom is 0.416 e. The molecule has 0 radical (unpaired) electrons. The molecule has 0 bridgehead atoms. The zero-order valence-corrected chi connectivity index (χ0v) is 12.5. The number of carbonyl (C=O) groups is 1. The highest BCUT2D eigenvalue weighted by Crippen LogP contribution is 2.31. The Labute approximate surface area is 127 Å². The Kier molecular flexibility index (Phi) is 4.77. The van der Waals surface area contributed by atoms with Crippen LogP contribution in [0.3, 0.4) is 0 Å². The molecule has 0 unspecified atom stereocenters. The second-order valence-electron chi connectivity index (χ2n) is 5.58. The number of rotatable bonds is 4. The number of benzene rings is 1. The van der Waals surface area contributed by atoms with Gasteiger partial charge in [-0.2, -0.15) is 13.2 Å². The highest BCUT2D eigenvalue weighted by atomic mass is 19.4. The summed E-state index contributed by atoms with van der Waals surface area (Å²) in [6, 6.07) is 3.19. The third-order valence-corrected chi connectivity index (χ3v) is 4.07. The summed E-state index contributed by atoms with van der Waals surface area (Å²) >= 11 is 0. The molecule has 1 aromatic carbocycles. The normalized spacial score (nSPS) is 23.0. The molecule has 2 rings (SSSR count). The molecular formula is C15H19F3N2O2. The van der Waals surface area contributed by atoms with Gasteiger partial charge in [-0.3, -0.25) is 9.69 Å². The van der Waals surface area contributed by atoms with Crippen LogP contribution >= 0.6 is 0 Å². The first-order chi connectivity index (χ1) is 10.2. The summed E-state index contributed by atoms with van der Waals surface area (Å²) in [7, 11) is 1.57. The molecular weight excluding hydrogens is 297 g/mol. The number of hydrogen-bond donors (Lipinski definition) is 1. The Balaban J connectivity index is 2.18. The van der Waals surface area contributed by atoms with E-state index in [0.717, 1.165) is 17.7 Å². The number of nitrogens with zero attached hydrogens (tertiary/aromatic N) is 1. The van der Waals surface area contributed by atoms with Gasteiger partial charge in [-0.15, -0.1) is 0 Å². The average Bonchev–Trinajstić information content (AvgIpc) is 2.83. The first-order valence-electron chi connectivity index (χ1n) is 6.95. The minimum atomic E-state index is -4.35. The van der Waals surface area contributed by atoms with Gasteiger partial charge in [0.15, 0.2) is 0 Å². The number of halogens is 3. The molecule has 2 N–H and O–H groups in total. The quantitative estimate of drug-likeness (QED) is 0.925. The van der Waals surface area contributed by atoms with Crippen LogP contribution in [0.4, 0.5) is 13.2 Å². The monoisotopic (exact) mass is 316 g/mol. The highest BCUT2D eigenvalue weighted by Gasteiger charge is 2.36. The molecule has 0 aromatic heterocycles. The lowest BCUT2D eigenvalue weighted by Gasteiger charge is -2.23. The Bertz CT molecular complexity index is 560. The fourth-order valence-electron chi connectivity index (χ4n) is 2.77. The van der Waals surface area contributed by atoms with Crippen LogP contribution in [0.1, 0.15) is 23.1 Å². The molecule has 0 aliphatic carbocycles. The number of carbonyl (C=O) groups excluding carboxylic acids is 1. The van der Waals surface area contributed by atoms with Crippen molar-refractivity contribution in [2.75, 3.05) is 13.7 Å². The number of nitrogens with two attached hydrogens (primary N) is 1. The molecule has 1 aliphatic rings. The van der Waals surface area contributed by atoms with E-state index >= 15 is 0 Å². The van der Waals surface area contributed by atoms with Crippen molar-refractivity contribution in [1.29, 1.82) is 0 Å². The topological polar surface area (TPSA) is 55.6 Å². The van der Waals surface area contributed by atoms with Crippen LogP contribution in [0.2, 0.25) is 0 Å². The largest absolute Gasteiger partial charge is 0.416 e. The second-order valence-corrected chi connectivity index (χ2v) is 5.58. The molecule has 1 aromatic rings. The van der Waals surface area contributed by atoms with Crippen LogP contribution in [0, 0.1) is 6.92 Å². The number of primary amides is 1. The summed E-state index contributed by atoms with van der Waals surface area (Å²) in [5.41, 5.74) is 6.01. The lowest BCUT2D eigenvalue weighted by atomic mass is 10.0. The van der Waals surface area contributed by atoms with Gasteiger partial charge in [0.05, 0.1) is 17.7 Å². The maximum absolute atomic E-state index is 12.7. The Hall–Kier alpha value is -1.60. The van der Waals surface area contributed by atoms with Gasteiger partial charge in [0.2, 0.25) is 5.91 Å². The molecule has 22 heavy (non-hydrogen) atoms. The number of aryl methyl sites for hydroxylation is 1. The molecule has 1 fully saturated rings. The van der Waals surface area contributed by atoms with Gasteiger partial charge < -0.3 is 10.5 Å². The molecule has 1 saturated heterocycles. The molecule has 2 atom stereocenters. The number of ether oxygens (including phenoxy) is 1. The van der Waals surface area contributed by atoms with Crippen molar-refractivity contribution in [2.45, 2.75) is 38.2 Å². The molecule has 1 aliphatic heterocycles. The van der Waals surface area contributed by atoms with E-state index in [0.29, 0.717) is 25.1 Å². The van der Waals surface area contributed by atoms with Crippen LogP contribution in [-0.2, 0) is 22.3 Å². The molecule has 1 amide bonds. The number of hydrogen-bond acceptors (Lipinski definition) is 3. The Morgan fingerprint density at radius 2 is 2.14 bits per heavy atom. The van der Waals surface area contributed by atoms with E-state index in [1.807, 2.05) is 4.90 Å². The SMILES string of the molecule is CO[C@H]1C[C@@H](C(N)=O)N(Cc2ccc(C(F)(F)F)cc2C)C1. The van der Waals surface area contributed by atoms with E-state index < -0.39 is 23.7 Å². The van der Waals surface area contributed by atoms with Crippen molar-refractivity contribution in [1.82, 2.24) is 4.90 Å². The molecule has 4 nitrogen and oxygen atoms in total. The van der Waals surface area contributed by atoms with E-state index in [2.05, 4.69) is 0 Å². The lowest BCUT2D eigenvalue weighted by Crippen LogP contribution is -2.39. The van der Waals surface area contributed by atoms with Gasteiger partial charge in [0.1, 0.15) is 0 Å². The molecule has 0 spiro atoms. The van der Waals surface area contributed by atoms with Crippen LogP contribution in [0.5, 0.6) is 0 Å². The van der Waals surface area contributed by atoms with Crippen molar-refractivity contribution in [3.05, 3.63) is 34.9 Å². The first kappa shape index (κ1) is 16.8. The van der Waals surface area contributed by atoms with E-state index in [-0.39, 0.29) is 6.10 Å². The molecule has 7 heteroatoms. The maximum atomic E-state index is 12.7. The summed E-state index contributed by atoms with van der Waals surface area (Å²) in [4.78, 5) is 13.4. The number of methoxy groups -OCH3 is 1. The zero-order chi connectivity index (χ0) is 16.5. The van der Waals surface area contributed by atoms with Gasteiger partial charge >= 0.3 is 6.18 Å². The van der Waals surface area contributed by atoms with Crippen LogP contribution in [0.15, 0.2) is 18.2 Å². The fourth-order valence-corrected chi connectivity index (χ4v) is 2.77. The number of likely N-dealkylation sites (tertiary alicyclic amines) is 1. The van der Waals surface area contributed by atoms with Gasteiger partial charge in [0.25, 0.3) is 0 Å². The van der Waals surface area contributed by atoms with Crippen molar-refractivity contribution < 1.29 is 22.7 Å². The van der Waals surface area contributed by atoms with Gasteiger partial charge in [0, 0.05) is 20.2 Å². The molecule has 1 heterocycles. The minimum absolute atomic E-state index is 0.0905. The van der Waals surface area contributed by atoms with Gasteiger partial charge in [-0.1, -0.05) is 6.07 Å². The van der Waals surface area contributed by atoms with Crippen LogP contribution < -0.4 is 5.73 Å². The predicted octanol–water partition coefficient (Wildman–Crippen LogP) is 2.09. The van der Waals surface area contributed by atoms with Crippen LogP contribution in [-0.4, -0.2) is 36.6 Å². The third kappa shape index (κ3) is 3.59. The molecule has 0 saturated carbocycles. The third-order valence-electron chi connectivity index (χ3n) is 4.07. The number of alkyl halides is 3. The second kappa shape index (κ2) is 6.26. The zero-order valence-electron chi connectivity index (χ0n) is 12.5. The van der Waals surface area contributed by atoms with Gasteiger partial charge in [-0.25, -0.2) is 0 Å². The van der Waals surface area contributed by atoms with E-state index in [9.17, 15) is 18.0 Å². The molecule has 122 valence electrons. The van der Waals surface area contributed by atoms with Crippen molar-refractivity contribution in [3.63, 3.8) is 0 Å². The smallest absolute Gasteiger partial charge is 0.380 e. The fraction of sp³-hybridized carbons (Fsp3) is 0.533. The summed E-state index contributed by atoms with van der Waals surface area (Å²) in [6.07, 6.45) is -3.94. The van der Waals surface area contributed by atoms with E-state index in [1.165, 1.54) is 6.07 Å². The van der Waals surface area contributed by atoms with Crippen molar-refractivity contribution >= 4 is 5.91 Å². The lowest BCUT2D eigenvalue weighted by molar-refractivity contribution is -0.137. The summed E-state index contributed by atoms with van der Waals surface area (Å²) in [5.74, 6) is -0.441. The summed E-state index contributed by atoms with van der Waals surface area (Å²) < 4.78 is 43.3. The minimum Gasteiger partial charge on any atom is -0.380 e. The number of amides is 1. The Morgan fingerprint density at radius 1 is 1.45 bits per heavy atom. The van der Waals surface area contributed by atoms with E-state index in [1.54, 1.807) is 14.0 Å². The first-order valence-corrected chi connectivity index (χ1v) is 6.95. The highest BCUT2D eigenvalue weighted by molar-refractivity contribution is 5.80. The van der Waals surface area contributed by atoms with Gasteiger partial charge in [-0.05, 0) is 36.6 Å². The van der Waals surface area contributed by atoms with Crippen LogP contribution in [0.25, 0.3) is 0 Å². The van der Waals surface area contributed by atoms with E-state index in [4.69, 9.17) is 10.5 Å². The Morgan fingerprint density at radius 3 is 2.64 bits per heavy atom. The summed E-state index contributed by atoms with van der Waals surface area (Å²) in [5, 5.41) is 0. The van der Waals surface area contributed by atoms with Crippen molar-refractivity contribution in [3.8, 4) is 0 Å². The van der Waals surface area contributed by atoms with Crippen molar-refractivity contribution in [2.24, 2.45) is 5.73 Å².